The summed E-state index contributed by atoms with van der Waals surface area (Å²) < 4.78 is 127. The highest BCUT2D eigenvalue weighted by molar-refractivity contribution is 5.72. The number of carboxylic acid groups (broad SMARTS) is 1. The van der Waals surface area contributed by atoms with E-state index in [1.54, 1.807) is 0 Å². The van der Waals surface area contributed by atoms with Gasteiger partial charge in [-0.25, -0.2) is 0 Å². The summed E-state index contributed by atoms with van der Waals surface area (Å²) in [6, 6.07) is 0. The van der Waals surface area contributed by atoms with Crippen molar-refractivity contribution in [2.24, 2.45) is 11.8 Å². The van der Waals surface area contributed by atoms with Crippen LogP contribution >= 0.6 is 0 Å². The lowest BCUT2D eigenvalue weighted by Crippen LogP contribution is -2.53. The molecule has 0 spiro atoms. The molecule has 0 aromatic rings. The number of aliphatic carboxylic acids is 1. The largest absolute Gasteiger partial charge is 0.481 e. The van der Waals surface area contributed by atoms with E-state index in [1.807, 2.05) is 0 Å². The Morgan fingerprint density at radius 1 is 0.833 bits per heavy atom. The number of carbonyl (C=O) groups is 1. The molecule has 0 saturated carbocycles. The topological polar surface area (TPSA) is 55.8 Å². The summed E-state index contributed by atoms with van der Waals surface area (Å²) in [5.41, 5.74) is -4.79. The summed E-state index contributed by atoms with van der Waals surface area (Å²) in [4.78, 5) is 11.1. The van der Waals surface area contributed by atoms with Gasteiger partial charge in [0, 0.05) is 0 Å². The minimum absolute atomic E-state index is 0.428. The van der Waals surface area contributed by atoms with E-state index in [9.17, 15) is 44.3 Å². The number of alkyl halides is 9. The van der Waals surface area contributed by atoms with Crippen LogP contribution in [0, 0.1) is 11.8 Å². The quantitative estimate of drug-likeness (QED) is 0.396. The molecule has 4 unspecified atom stereocenters. The Balaban J connectivity index is 5.77. The maximum absolute atomic E-state index is 13.6. The molecule has 0 amide bonds. The third-order valence-corrected chi connectivity index (χ3v) is 5.12. The zero-order chi connectivity index (χ0) is 24.2. The Labute approximate surface area is 167 Å². The van der Waals surface area contributed by atoms with E-state index in [1.165, 1.54) is 6.92 Å². The van der Waals surface area contributed by atoms with Crippen LogP contribution in [0.25, 0.3) is 0 Å². The molecule has 180 valence electrons. The van der Waals surface area contributed by atoms with Crippen molar-refractivity contribution in [3.63, 3.8) is 0 Å². The second kappa shape index (κ2) is 9.92. The second-order valence-corrected chi connectivity index (χ2v) is 7.26. The minimum atomic E-state index is -5.30. The highest BCUT2D eigenvalue weighted by Gasteiger charge is 2.58. The highest BCUT2D eigenvalue weighted by atomic mass is 19.4. The number of carboxylic acids is 1. The summed E-state index contributed by atoms with van der Waals surface area (Å²) in [5.74, 6) is -8.03. The maximum Gasteiger partial charge on any atom is 0.405 e. The van der Waals surface area contributed by atoms with Crippen LogP contribution in [0.5, 0.6) is 0 Å². The van der Waals surface area contributed by atoms with Gasteiger partial charge in [0.2, 0.25) is 0 Å². The SMILES string of the molecule is CCC(C)(OCCC(F)(F)F)C(COC(C)(CC)C(C(=O)O)C(F)(F)F)C(F)(F)F. The molecule has 0 radical (unpaired) electrons. The Morgan fingerprint density at radius 2 is 1.30 bits per heavy atom. The van der Waals surface area contributed by atoms with Gasteiger partial charge in [0.05, 0.1) is 30.8 Å². The molecule has 0 rings (SSSR count). The van der Waals surface area contributed by atoms with Gasteiger partial charge in [0.15, 0.2) is 5.92 Å². The number of rotatable bonds is 11. The first-order valence-corrected chi connectivity index (χ1v) is 8.94. The van der Waals surface area contributed by atoms with Gasteiger partial charge < -0.3 is 14.6 Å². The van der Waals surface area contributed by atoms with Crippen molar-refractivity contribution >= 4 is 5.97 Å². The lowest BCUT2D eigenvalue weighted by atomic mass is 9.83. The molecular weight excluding hydrogens is 439 g/mol. The van der Waals surface area contributed by atoms with Gasteiger partial charge in [-0.05, 0) is 26.7 Å². The van der Waals surface area contributed by atoms with Crippen LogP contribution in [0.3, 0.4) is 0 Å². The third kappa shape index (κ3) is 8.12. The maximum atomic E-state index is 13.6. The molecule has 30 heavy (non-hydrogen) atoms. The van der Waals surface area contributed by atoms with E-state index in [0.29, 0.717) is 0 Å². The fourth-order valence-corrected chi connectivity index (χ4v) is 2.88. The van der Waals surface area contributed by atoms with Crippen molar-refractivity contribution < 1.29 is 58.9 Å². The molecule has 0 aliphatic carbocycles. The average molecular weight is 464 g/mol. The molecule has 0 fully saturated rings. The Kier molecular flexibility index (Phi) is 9.51. The van der Waals surface area contributed by atoms with Gasteiger partial charge in [0.25, 0.3) is 0 Å². The molecule has 0 aromatic heterocycles. The van der Waals surface area contributed by atoms with E-state index in [-0.39, 0.29) is 0 Å². The van der Waals surface area contributed by atoms with E-state index < -0.39 is 80.0 Å². The van der Waals surface area contributed by atoms with Crippen LogP contribution in [-0.2, 0) is 14.3 Å². The molecule has 0 heterocycles. The van der Waals surface area contributed by atoms with Crippen LogP contribution in [0.1, 0.15) is 47.0 Å². The Hall–Kier alpha value is -1.24. The van der Waals surface area contributed by atoms with E-state index >= 15 is 0 Å². The first-order chi connectivity index (χ1) is 13.2. The molecular formula is C17H25F9O4. The molecule has 0 aliphatic heterocycles. The summed E-state index contributed by atoms with van der Waals surface area (Å²) in [7, 11) is 0. The first kappa shape index (κ1) is 28.8. The first-order valence-electron chi connectivity index (χ1n) is 8.94. The molecule has 0 aliphatic rings. The molecule has 4 atom stereocenters. The smallest absolute Gasteiger partial charge is 0.405 e. The van der Waals surface area contributed by atoms with Crippen molar-refractivity contribution in [3.05, 3.63) is 0 Å². The van der Waals surface area contributed by atoms with Gasteiger partial charge in [-0.1, -0.05) is 13.8 Å². The molecule has 4 nitrogen and oxygen atoms in total. The van der Waals surface area contributed by atoms with Gasteiger partial charge in [-0.3, -0.25) is 4.79 Å². The van der Waals surface area contributed by atoms with Gasteiger partial charge in [0.1, 0.15) is 5.92 Å². The van der Waals surface area contributed by atoms with Crippen LogP contribution < -0.4 is 0 Å². The van der Waals surface area contributed by atoms with Crippen LogP contribution in [0.4, 0.5) is 39.5 Å². The van der Waals surface area contributed by atoms with E-state index in [2.05, 4.69) is 0 Å². The zero-order valence-electron chi connectivity index (χ0n) is 16.8. The molecule has 0 aromatic carbocycles. The average Bonchev–Trinajstić information content (AvgIpc) is 2.50. The second-order valence-electron chi connectivity index (χ2n) is 7.26. The van der Waals surface area contributed by atoms with E-state index in [4.69, 9.17) is 14.6 Å². The zero-order valence-corrected chi connectivity index (χ0v) is 16.8. The lowest BCUT2D eigenvalue weighted by Gasteiger charge is -2.41. The third-order valence-electron chi connectivity index (χ3n) is 5.12. The Morgan fingerprint density at radius 3 is 1.60 bits per heavy atom. The van der Waals surface area contributed by atoms with Gasteiger partial charge in [-0.15, -0.1) is 0 Å². The number of halogens is 9. The Bertz CT molecular complexity index is 559. The highest BCUT2D eigenvalue weighted by Crippen LogP contribution is 2.43. The molecule has 0 saturated heterocycles. The summed E-state index contributed by atoms with van der Waals surface area (Å²) in [5, 5.41) is 8.95. The van der Waals surface area contributed by atoms with Gasteiger partial charge in [-0.2, -0.15) is 39.5 Å². The monoisotopic (exact) mass is 464 g/mol. The van der Waals surface area contributed by atoms with Crippen LogP contribution in [0.2, 0.25) is 0 Å². The predicted molar refractivity (Wildman–Crippen MR) is 86.7 cm³/mol. The summed E-state index contributed by atoms with van der Waals surface area (Å²) >= 11 is 0. The van der Waals surface area contributed by atoms with Crippen LogP contribution in [0.15, 0.2) is 0 Å². The van der Waals surface area contributed by atoms with E-state index in [0.717, 1.165) is 20.8 Å². The molecule has 13 heteroatoms. The van der Waals surface area contributed by atoms with Crippen molar-refractivity contribution in [3.8, 4) is 0 Å². The molecule has 0 bridgehead atoms. The standard InChI is InChI=1S/C17H25F9O4/c1-5-13(3,29-8-7-15(18,19)20)10(16(21,22)23)9-30-14(4,6-2)11(12(27)28)17(24,25)26/h10-11H,5-9H2,1-4H3,(H,27,28). The molecule has 1 N–H and O–H groups in total. The lowest BCUT2D eigenvalue weighted by molar-refractivity contribution is -0.276. The van der Waals surface area contributed by atoms with Crippen molar-refractivity contribution in [1.29, 1.82) is 0 Å². The number of ether oxygens (including phenoxy) is 2. The van der Waals surface area contributed by atoms with Crippen molar-refractivity contribution in [1.82, 2.24) is 0 Å². The van der Waals surface area contributed by atoms with Crippen molar-refractivity contribution in [2.75, 3.05) is 13.2 Å². The fourth-order valence-electron chi connectivity index (χ4n) is 2.88. The fraction of sp³-hybridized carbons (Fsp3) is 0.941. The van der Waals surface area contributed by atoms with Crippen molar-refractivity contribution in [2.45, 2.75) is 76.7 Å². The number of hydrogen-bond donors (Lipinski definition) is 1. The number of hydrogen-bond acceptors (Lipinski definition) is 3. The summed E-state index contributed by atoms with van der Waals surface area (Å²) in [6.45, 7) is 1.41. The normalized spacial score (nSPS) is 19.6. The summed E-state index contributed by atoms with van der Waals surface area (Å²) in [6.07, 6.45) is -17.6. The predicted octanol–water partition coefficient (Wildman–Crippen LogP) is 5.75. The van der Waals surface area contributed by atoms with Gasteiger partial charge >= 0.3 is 24.5 Å². The van der Waals surface area contributed by atoms with Crippen LogP contribution in [-0.4, -0.2) is 54.0 Å². The minimum Gasteiger partial charge on any atom is -0.481 e.